The quantitative estimate of drug-likeness (QED) is 0.911. The number of nitrogens with zero attached hydrogens (tertiary/aromatic N) is 1. The number of nitrogens with one attached hydrogen (secondary N) is 1. The maximum atomic E-state index is 13.0. The molecule has 2 fully saturated rings. The average molecular weight is 346 g/mol. The maximum Gasteiger partial charge on any atom is 0.227 e. The van der Waals surface area contributed by atoms with Gasteiger partial charge in [-0.1, -0.05) is 25.0 Å². The van der Waals surface area contributed by atoms with E-state index in [1.54, 1.807) is 12.1 Å². The molecule has 25 heavy (non-hydrogen) atoms. The van der Waals surface area contributed by atoms with Crippen LogP contribution in [0.2, 0.25) is 0 Å². The lowest BCUT2D eigenvalue weighted by Gasteiger charge is -2.29. The minimum atomic E-state index is -0.298. The van der Waals surface area contributed by atoms with E-state index in [4.69, 9.17) is 0 Å². The maximum absolute atomic E-state index is 13.0. The molecule has 1 spiro atoms. The molecular formula is C20H27FN2O2. The monoisotopic (exact) mass is 346 g/mol. The Bertz CT molecular complexity index is 636. The summed E-state index contributed by atoms with van der Waals surface area (Å²) in [5.74, 6) is -0.311. The van der Waals surface area contributed by atoms with E-state index in [0.29, 0.717) is 13.1 Å². The van der Waals surface area contributed by atoms with Gasteiger partial charge in [-0.05, 0) is 44.4 Å². The fourth-order valence-electron chi connectivity index (χ4n) is 4.38. The van der Waals surface area contributed by atoms with E-state index in [2.05, 4.69) is 5.32 Å². The average Bonchev–Trinajstić information content (AvgIpc) is 3.17. The van der Waals surface area contributed by atoms with Gasteiger partial charge in [0.1, 0.15) is 5.82 Å². The summed E-state index contributed by atoms with van der Waals surface area (Å²) in [6.07, 6.45) is 4.55. The van der Waals surface area contributed by atoms with Crippen molar-refractivity contribution in [1.29, 1.82) is 0 Å². The molecule has 2 amide bonds. The van der Waals surface area contributed by atoms with E-state index in [0.717, 1.165) is 31.2 Å². The summed E-state index contributed by atoms with van der Waals surface area (Å²) < 4.78 is 13.0. The lowest BCUT2D eigenvalue weighted by Crippen LogP contribution is -2.42. The number of benzene rings is 1. The Kier molecular flexibility index (Phi) is 5.11. The molecule has 4 nitrogen and oxygen atoms in total. The van der Waals surface area contributed by atoms with Gasteiger partial charge in [-0.15, -0.1) is 0 Å². The first-order valence-corrected chi connectivity index (χ1v) is 9.22. The number of halogens is 1. The van der Waals surface area contributed by atoms with Crippen LogP contribution in [0.5, 0.6) is 0 Å². The lowest BCUT2D eigenvalue weighted by atomic mass is 9.76. The van der Waals surface area contributed by atoms with E-state index in [-0.39, 0.29) is 41.4 Å². The SMILES string of the molecule is CC(C)NC(=O)C1CN(C(=O)Cc2ccc(F)cc2)CC12CCCC2. The summed E-state index contributed by atoms with van der Waals surface area (Å²) in [5.41, 5.74) is 0.749. The molecule has 1 aliphatic carbocycles. The fourth-order valence-corrected chi connectivity index (χ4v) is 4.38. The first-order valence-electron chi connectivity index (χ1n) is 9.22. The zero-order chi connectivity index (χ0) is 18.0. The zero-order valence-corrected chi connectivity index (χ0v) is 15.1. The number of carbonyl (C=O) groups excluding carboxylic acids is 2. The van der Waals surface area contributed by atoms with Gasteiger partial charge < -0.3 is 10.2 Å². The normalized spacial score (nSPS) is 21.9. The molecule has 1 aromatic carbocycles. The van der Waals surface area contributed by atoms with Crippen molar-refractivity contribution in [2.75, 3.05) is 13.1 Å². The standard InChI is InChI=1S/C20H27FN2O2/c1-14(2)22-19(25)17-12-23(13-20(17)9-3-4-10-20)18(24)11-15-5-7-16(21)8-6-15/h5-8,14,17H,3-4,9-13H2,1-2H3,(H,22,25). The molecule has 1 aromatic rings. The van der Waals surface area contributed by atoms with Crippen molar-refractivity contribution in [3.63, 3.8) is 0 Å². The summed E-state index contributed by atoms with van der Waals surface area (Å²) in [4.78, 5) is 27.3. The predicted octanol–water partition coefficient (Wildman–Crippen LogP) is 2.91. The highest BCUT2D eigenvalue weighted by molar-refractivity contribution is 5.84. The molecule has 1 atom stereocenters. The Hall–Kier alpha value is -1.91. The van der Waals surface area contributed by atoms with E-state index in [9.17, 15) is 14.0 Å². The molecule has 1 unspecified atom stereocenters. The number of hydrogen-bond acceptors (Lipinski definition) is 2. The summed E-state index contributed by atoms with van der Waals surface area (Å²) in [6, 6.07) is 6.17. The largest absolute Gasteiger partial charge is 0.354 e. The fraction of sp³-hybridized carbons (Fsp3) is 0.600. The second-order valence-corrected chi connectivity index (χ2v) is 7.86. The van der Waals surface area contributed by atoms with Crippen LogP contribution < -0.4 is 5.32 Å². The summed E-state index contributed by atoms with van der Waals surface area (Å²) in [7, 11) is 0. The van der Waals surface area contributed by atoms with Crippen molar-refractivity contribution < 1.29 is 14.0 Å². The molecule has 1 heterocycles. The van der Waals surface area contributed by atoms with E-state index >= 15 is 0 Å². The van der Waals surface area contributed by atoms with Gasteiger partial charge in [0.25, 0.3) is 0 Å². The van der Waals surface area contributed by atoms with Gasteiger partial charge in [0, 0.05) is 24.5 Å². The Morgan fingerprint density at radius 3 is 2.48 bits per heavy atom. The summed E-state index contributed by atoms with van der Waals surface area (Å²) in [6.45, 7) is 5.10. The predicted molar refractivity (Wildman–Crippen MR) is 94.4 cm³/mol. The van der Waals surface area contributed by atoms with Crippen LogP contribution in [0.1, 0.15) is 45.1 Å². The Labute approximate surface area is 148 Å². The minimum absolute atomic E-state index is 0.0257. The van der Waals surface area contributed by atoms with Crippen molar-refractivity contribution in [1.82, 2.24) is 10.2 Å². The molecule has 136 valence electrons. The highest BCUT2D eigenvalue weighted by Crippen LogP contribution is 2.49. The van der Waals surface area contributed by atoms with Gasteiger partial charge in [0.2, 0.25) is 11.8 Å². The molecule has 1 aliphatic heterocycles. The zero-order valence-electron chi connectivity index (χ0n) is 15.1. The molecule has 3 rings (SSSR count). The Balaban J connectivity index is 1.71. The minimum Gasteiger partial charge on any atom is -0.354 e. The molecule has 2 aliphatic rings. The second-order valence-electron chi connectivity index (χ2n) is 7.86. The number of amides is 2. The molecule has 5 heteroatoms. The van der Waals surface area contributed by atoms with Gasteiger partial charge in [0.05, 0.1) is 12.3 Å². The summed E-state index contributed by atoms with van der Waals surface area (Å²) in [5, 5.41) is 3.03. The van der Waals surface area contributed by atoms with Crippen molar-refractivity contribution in [2.24, 2.45) is 11.3 Å². The molecular weight excluding hydrogens is 319 g/mol. The molecule has 1 saturated heterocycles. The van der Waals surface area contributed by atoms with E-state index in [1.165, 1.54) is 12.1 Å². The van der Waals surface area contributed by atoms with Crippen molar-refractivity contribution in [3.05, 3.63) is 35.6 Å². The van der Waals surface area contributed by atoms with Gasteiger partial charge >= 0.3 is 0 Å². The first-order chi connectivity index (χ1) is 11.9. The van der Waals surface area contributed by atoms with E-state index < -0.39 is 0 Å². The third-order valence-electron chi connectivity index (χ3n) is 5.62. The van der Waals surface area contributed by atoms with Crippen LogP contribution >= 0.6 is 0 Å². The number of hydrogen-bond donors (Lipinski definition) is 1. The van der Waals surface area contributed by atoms with Crippen LogP contribution in [-0.4, -0.2) is 35.8 Å². The molecule has 1 N–H and O–H groups in total. The Morgan fingerprint density at radius 1 is 1.24 bits per heavy atom. The van der Waals surface area contributed by atoms with Crippen LogP contribution in [0.25, 0.3) is 0 Å². The molecule has 0 aromatic heterocycles. The number of rotatable bonds is 4. The van der Waals surface area contributed by atoms with Crippen molar-refractivity contribution in [2.45, 2.75) is 52.0 Å². The van der Waals surface area contributed by atoms with Crippen molar-refractivity contribution in [3.8, 4) is 0 Å². The van der Waals surface area contributed by atoms with Crippen LogP contribution in [0.3, 0.4) is 0 Å². The third-order valence-corrected chi connectivity index (χ3v) is 5.62. The smallest absolute Gasteiger partial charge is 0.227 e. The highest BCUT2D eigenvalue weighted by Gasteiger charge is 2.52. The Morgan fingerprint density at radius 2 is 1.88 bits per heavy atom. The van der Waals surface area contributed by atoms with Gasteiger partial charge in [-0.3, -0.25) is 9.59 Å². The molecule has 0 bridgehead atoms. The van der Waals surface area contributed by atoms with Gasteiger partial charge in [-0.25, -0.2) is 4.39 Å². The summed E-state index contributed by atoms with van der Waals surface area (Å²) >= 11 is 0. The lowest BCUT2D eigenvalue weighted by molar-refractivity contribution is -0.130. The van der Waals surface area contributed by atoms with Crippen LogP contribution in [0.15, 0.2) is 24.3 Å². The highest BCUT2D eigenvalue weighted by atomic mass is 19.1. The van der Waals surface area contributed by atoms with Gasteiger partial charge in [0.15, 0.2) is 0 Å². The molecule has 0 radical (unpaired) electrons. The first kappa shape index (κ1) is 17.9. The van der Waals surface area contributed by atoms with Gasteiger partial charge in [-0.2, -0.15) is 0 Å². The van der Waals surface area contributed by atoms with Crippen molar-refractivity contribution >= 4 is 11.8 Å². The third kappa shape index (κ3) is 3.86. The molecule has 1 saturated carbocycles. The second kappa shape index (κ2) is 7.14. The van der Waals surface area contributed by atoms with Crippen LogP contribution in [0.4, 0.5) is 4.39 Å². The topological polar surface area (TPSA) is 49.4 Å². The number of likely N-dealkylation sites (tertiary alicyclic amines) is 1. The van der Waals surface area contributed by atoms with Crippen LogP contribution in [0, 0.1) is 17.2 Å². The van der Waals surface area contributed by atoms with Crippen LogP contribution in [-0.2, 0) is 16.0 Å². The number of carbonyl (C=O) groups is 2. The van der Waals surface area contributed by atoms with E-state index in [1.807, 2.05) is 18.7 Å².